The first-order valence-electron chi connectivity index (χ1n) is 7.06. The van der Waals surface area contributed by atoms with Crippen LogP contribution in [-0.4, -0.2) is 14.7 Å². The third-order valence-electron chi connectivity index (χ3n) is 3.77. The summed E-state index contributed by atoms with van der Waals surface area (Å²) in [4.78, 5) is 0. The number of benzene rings is 1. The summed E-state index contributed by atoms with van der Waals surface area (Å²) in [5.41, 5.74) is 7.46. The maximum Gasteiger partial charge on any atom is 0.0566 e. The molecule has 0 aliphatic carbocycles. The average molecular weight is 281 g/mol. The van der Waals surface area contributed by atoms with Gasteiger partial charge in [0.2, 0.25) is 0 Å². The van der Waals surface area contributed by atoms with Gasteiger partial charge >= 0.3 is 0 Å². The SMILES string of the molecule is CC(C)C(C)S(=O)C(C(C)C)C(N)c1ccccc1. The van der Waals surface area contributed by atoms with Gasteiger partial charge in [0.25, 0.3) is 0 Å². The Morgan fingerprint density at radius 1 is 0.947 bits per heavy atom. The molecule has 1 aromatic rings. The zero-order valence-electron chi connectivity index (χ0n) is 12.7. The predicted octanol–water partition coefficient (Wildman–Crippen LogP) is 3.50. The molecular weight excluding hydrogens is 254 g/mol. The summed E-state index contributed by atoms with van der Waals surface area (Å²) in [6, 6.07) is 9.84. The Balaban J connectivity index is 2.98. The monoisotopic (exact) mass is 281 g/mol. The lowest BCUT2D eigenvalue weighted by atomic mass is 9.97. The fraction of sp³-hybridized carbons (Fsp3) is 0.625. The lowest BCUT2D eigenvalue weighted by Gasteiger charge is -2.30. The topological polar surface area (TPSA) is 43.1 Å². The van der Waals surface area contributed by atoms with Crippen LogP contribution in [0, 0.1) is 11.8 Å². The van der Waals surface area contributed by atoms with E-state index in [0.717, 1.165) is 5.56 Å². The molecule has 108 valence electrons. The first-order valence-corrected chi connectivity index (χ1v) is 8.33. The Morgan fingerprint density at radius 3 is 1.89 bits per heavy atom. The predicted molar refractivity (Wildman–Crippen MR) is 84.4 cm³/mol. The van der Waals surface area contributed by atoms with Crippen LogP contribution >= 0.6 is 0 Å². The van der Waals surface area contributed by atoms with Gasteiger partial charge in [-0.3, -0.25) is 4.21 Å². The molecule has 0 heterocycles. The van der Waals surface area contributed by atoms with Crippen molar-refractivity contribution in [2.75, 3.05) is 0 Å². The molecule has 4 unspecified atom stereocenters. The summed E-state index contributed by atoms with van der Waals surface area (Å²) < 4.78 is 12.8. The first kappa shape index (κ1) is 16.4. The van der Waals surface area contributed by atoms with Crippen molar-refractivity contribution in [2.45, 2.75) is 51.2 Å². The highest BCUT2D eigenvalue weighted by molar-refractivity contribution is 7.86. The third kappa shape index (κ3) is 4.15. The maximum absolute atomic E-state index is 12.8. The largest absolute Gasteiger partial charge is 0.323 e. The van der Waals surface area contributed by atoms with E-state index in [1.807, 2.05) is 30.3 Å². The van der Waals surface area contributed by atoms with Gasteiger partial charge in [-0.15, -0.1) is 0 Å². The first-order chi connectivity index (χ1) is 8.86. The van der Waals surface area contributed by atoms with Crippen molar-refractivity contribution in [1.82, 2.24) is 0 Å². The molecule has 0 amide bonds. The number of nitrogens with two attached hydrogens (primary N) is 1. The summed E-state index contributed by atoms with van der Waals surface area (Å²) in [7, 11) is -0.918. The highest BCUT2D eigenvalue weighted by atomic mass is 32.2. The maximum atomic E-state index is 12.8. The van der Waals surface area contributed by atoms with Crippen molar-refractivity contribution in [3.63, 3.8) is 0 Å². The van der Waals surface area contributed by atoms with Crippen LogP contribution in [0.2, 0.25) is 0 Å². The molecule has 0 spiro atoms. The van der Waals surface area contributed by atoms with Gasteiger partial charge < -0.3 is 5.73 Å². The van der Waals surface area contributed by atoms with Crippen LogP contribution in [0.25, 0.3) is 0 Å². The van der Waals surface area contributed by atoms with Crippen LogP contribution in [0.1, 0.15) is 46.2 Å². The second-order valence-electron chi connectivity index (χ2n) is 5.92. The summed E-state index contributed by atoms with van der Waals surface area (Å²) in [5, 5.41) is 0.168. The van der Waals surface area contributed by atoms with Gasteiger partial charge in [-0.05, 0) is 17.4 Å². The van der Waals surface area contributed by atoms with Crippen molar-refractivity contribution in [3.05, 3.63) is 35.9 Å². The number of hydrogen-bond donors (Lipinski definition) is 1. The minimum absolute atomic E-state index is 0.000185. The second-order valence-corrected chi connectivity index (χ2v) is 7.87. The number of hydrogen-bond acceptors (Lipinski definition) is 2. The molecule has 1 aromatic carbocycles. The molecule has 0 aromatic heterocycles. The zero-order chi connectivity index (χ0) is 14.6. The Morgan fingerprint density at radius 2 is 1.47 bits per heavy atom. The Kier molecular flexibility index (Phi) is 6.21. The summed E-state index contributed by atoms with van der Waals surface area (Å²) in [5.74, 6) is 0.710. The molecule has 4 atom stereocenters. The van der Waals surface area contributed by atoms with E-state index in [2.05, 4.69) is 34.6 Å². The van der Waals surface area contributed by atoms with Crippen LogP contribution in [-0.2, 0) is 10.8 Å². The summed E-state index contributed by atoms with van der Waals surface area (Å²) in [6.45, 7) is 10.5. The number of rotatable bonds is 6. The molecule has 0 saturated carbocycles. The molecule has 0 bridgehead atoms. The zero-order valence-corrected chi connectivity index (χ0v) is 13.5. The molecule has 19 heavy (non-hydrogen) atoms. The van der Waals surface area contributed by atoms with E-state index < -0.39 is 10.8 Å². The molecule has 1 rings (SSSR count). The van der Waals surface area contributed by atoms with E-state index in [1.165, 1.54) is 0 Å². The molecule has 3 heteroatoms. The summed E-state index contributed by atoms with van der Waals surface area (Å²) in [6.07, 6.45) is 0. The average Bonchev–Trinajstić information content (AvgIpc) is 2.38. The quantitative estimate of drug-likeness (QED) is 0.867. The van der Waals surface area contributed by atoms with E-state index in [1.54, 1.807) is 0 Å². The van der Waals surface area contributed by atoms with Crippen molar-refractivity contribution in [1.29, 1.82) is 0 Å². The minimum Gasteiger partial charge on any atom is -0.323 e. The highest BCUT2D eigenvalue weighted by Crippen LogP contribution is 2.27. The lowest BCUT2D eigenvalue weighted by molar-refractivity contribution is 0.498. The minimum atomic E-state index is -0.918. The standard InChI is InChI=1S/C16H27NOS/c1-11(2)13(5)19(18)16(12(3)4)15(17)14-9-7-6-8-10-14/h6-13,15-16H,17H2,1-5H3. The third-order valence-corrected chi connectivity index (χ3v) is 6.42. The molecule has 0 aliphatic rings. The van der Waals surface area contributed by atoms with Crippen LogP contribution in [0.15, 0.2) is 30.3 Å². The van der Waals surface area contributed by atoms with Gasteiger partial charge in [0, 0.05) is 22.1 Å². The highest BCUT2D eigenvalue weighted by Gasteiger charge is 2.32. The van der Waals surface area contributed by atoms with E-state index >= 15 is 0 Å². The van der Waals surface area contributed by atoms with E-state index in [-0.39, 0.29) is 16.5 Å². The van der Waals surface area contributed by atoms with Crippen molar-refractivity contribution in [2.24, 2.45) is 17.6 Å². The molecular formula is C16H27NOS. The van der Waals surface area contributed by atoms with E-state index in [4.69, 9.17) is 5.73 Å². The molecule has 0 fully saturated rings. The van der Waals surface area contributed by atoms with Crippen LogP contribution in [0.3, 0.4) is 0 Å². The van der Waals surface area contributed by atoms with Crippen LogP contribution in [0.5, 0.6) is 0 Å². The normalized spacial score (nSPS) is 18.3. The van der Waals surface area contributed by atoms with Crippen LogP contribution < -0.4 is 5.73 Å². The smallest absolute Gasteiger partial charge is 0.0566 e. The van der Waals surface area contributed by atoms with Gasteiger partial charge in [-0.1, -0.05) is 65.0 Å². The molecule has 2 nitrogen and oxygen atoms in total. The van der Waals surface area contributed by atoms with E-state index in [9.17, 15) is 4.21 Å². The Bertz CT molecular complexity index is 402. The van der Waals surface area contributed by atoms with Crippen molar-refractivity contribution >= 4 is 10.8 Å². The molecule has 0 aliphatic heterocycles. The Labute approximate surface area is 120 Å². The van der Waals surface area contributed by atoms with Gasteiger partial charge in [-0.2, -0.15) is 0 Å². The fourth-order valence-corrected chi connectivity index (χ4v) is 4.22. The lowest BCUT2D eigenvalue weighted by Crippen LogP contribution is -2.39. The van der Waals surface area contributed by atoms with Gasteiger partial charge in [0.05, 0.1) is 5.25 Å². The fourth-order valence-electron chi connectivity index (χ4n) is 2.21. The second kappa shape index (κ2) is 7.20. The Hall–Kier alpha value is -0.670. The summed E-state index contributed by atoms with van der Waals surface area (Å²) >= 11 is 0. The van der Waals surface area contributed by atoms with E-state index in [0.29, 0.717) is 11.8 Å². The molecule has 2 N–H and O–H groups in total. The van der Waals surface area contributed by atoms with Crippen molar-refractivity contribution in [3.8, 4) is 0 Å². The van der Waals surface area contributed by atoms with Gasteiger partial charge in [0.1, 0.15) is 0 Å². The van der Waals surface area contributed by atoms with Gasteiger partial charge in [0.15, 0.2) is 0 Å². The molecule has 0 saturated heterocycles. The van der Waals surface area contributed by atoms with Crippen LogP contribution in [0.4, 0.5) is 0 Å². The van der Waals surface area contributed by atoms with Gasteiger partial charge in [-0.25, -0.2) is 0 Å². The van der Waals surface area contributed by atoms with Crippen molar-refractivity contribution < 1.29 is 4.21 Å². The molecule has 0 radical (unpaired) electrons.